The lowest BCUT2D eigenvalue weighted by atomic mass is 9.74. The standard InChI is InChI=1S/C40H48BrN3O8/c1-6-23(2)29(21-45)44-36-38(48)43(33-24(3)14-13-15-25(33)4)19-12-8-11-18-30(46)42-28(22-50-5)34(26-16-9-7-10-17-26)51-39(49)31-32(37(44)47)40(36)20-27(41)35(31)52-40/h7-10,12-17,20,23,28-29,31-32,34-36,45H,6,11,18-19,21-22H2,1-5H3,(H,42,46)/b12-8-/t23-,28-,29-,31+,32-,34-,35+,36+,40-/m0/s1. The van der Waals surface area contributed by atoms with Crippen LogP contribution >= 0.6 is 15.9 Å². The van der Waals surface area contributed by atoms with Crippen molar-refractivity contribution in [2.75, 3.05) is 31.8 Å². The van der Waals surface area contributed by atoms with Crippen molar-refractivity contribution in [1.29, 1.82) is 0 Å². The Morgan fingerprint density at radius 1 is 1.02 bits per heavy atom. The van der Waals surface area contributed by atoms with E-state index in [2.05, 4.69) is 21.2 Å². The number of carbonyl (C=O) groups excluding carboxylic acids is 4. The van der Waals surface area contributed by atoms with Gasteiger partial charge in [-0.1, -0.05) is 96.9 Å². The number of likely N-dealkylation sites (tertiary alicyclic amines) is 1. The third kappa shape index (κ3) is 6.63. The number of esters is 1. The largest absolute Gasteiger partial charge is 0.455 e. The van der Waals surface area contributed by atoms with E-state index in [1.807, 2.05) is 88.4 Å². The van der Waals surface area contributed by atoms with Crippen molar-refractivity contribution in [3.63, 3.8) is 0 Å². The Bertz CT molecular complexity index is 1730. The highest BCUT2D eigenvalue weighted by atomic mass is 79.9. The fourth-order valence-electron chi connectivity index (χ4n) is 8.45. The number of anilines is 1. The number of halogens is 1. The number of hydrogen-bond acceptors (Lipinski definition) is 8. The molecule has 2 aromatic rings. The molecule has 11 nitrogen and oxygen atoms in total. The Morgan fingerprint density at radius 2 is 1.73 bits per heavy atom. The molecule has 2 N–H and O–H groups in total. The number of aliphatic hydroxyl groups excluding tert-OH is 1. The zero-order chi connectivity index (χ0) is 37.3. The van der Waals surface area contributed by atoms with E-state index < -0.39 is 65.6 Å². The monoisotopic (exact) mass is 777 g/mol. The van der Waals surface area contributed by atoms with Gasteiger partial charge in [0.25, 0.3) is 5.91 Å². The maximum absolute atomic E-state index is 15.4. The molecule has 0 saturated carbocycles. The van der Waals surface area contributed by atoms with Crippen LogP contribution in [-0.4, -0.2) is 90.4 Å². The number of cyclic esters (lactones) is 1. The molecule has 9 atom stereocenters. The van der Waals surface area contributed by atoms with Crippen molar-refractivity contribution in [1.82, 2.24) is 10.2 Å². The topological polar surface area (TPSA) is 135 Å². The van der Waals surface area contributed by atoms with Gasteiger partial charge >= 0.3 is 5.97 Å². The Kier molecular flexibility index (Phi) is 11.4. The normalized spacial score (nSPS) is 31.2. The molecule has 0 aromatic heterocycles. The smallest absolute Gasteiger partial charge is 0.313 e. The van der Waals surface area contributed by atoms with Crippen molar-refractivity contribution in [3.05, 3.63) is 87.9 Å². The second-order valence-corrected chi connectivity index (χ2v) is 15.2. The summed E-state index contributed by atoms with van der Waals surface area (Å²) in [5.74, 6) is -4.22. The van der Waals surface area contributed by atoms with Gasteiger partial charge in [-0.05, 0) is 49.0 Å². The molecule has 0 aliphatic carbocycles. The molecule has 5 bridgehead atoms. The molecule has 0 radical (unpaired) electrons. The van der Waals surface area contributed by atoms with E-state index in [4.69, 9.17) is 14.2 Å². The van der Waals surface area contributed by atoms with Gasteiger partial charge in [0, 0.05) is 30.2 Å². The molecule has 2 fully saturated rings. The van der Waals surface area contributed by atoms with Crippen molar-refractivity contribution in [2.24, 2.45) is 17.8 Å². The Hall–Kier alpha value is -3.84. The van der Waals surface area contributed by atoms with Gasteiger partial charge in [-0.25, -0.2) is 0 Å². The number of rotatable bonds is 8. The van der Waals surface area contributed by atoms with Crippen LogP contribution in [0, 0.1) is 31.6 Å². The van der Waals surface area contributed by atoms with E-state index >= 15 is 9.59 Å². The molecule has 4 aliphatic heterocycles. The third-order valence-corrected chi connectivity index (χ3v) is 11.8. The summed E-state index contributed by atoms with van der Waals surface area (Å²) < 4.78 is 19.2. The number of carbonyl (C=O) groups is 4. The molecular formula is C40H48BrN3O8. The average Bonchev–Trinajstić information content (AvgIpc) is 3.72. The summed E-state index contributed by atoms with van der Waals surface area (Å²) in [5, 5.41) is 13.9. The second kappa shape index (κ2) is 15.6. The first-order valence-electron chi connectivity index (χ1n) is 18.0. The Balaban J connectivity index is 1.54. The van der Waals surface area contributed by atoms with Gasteiger partial charge in [-0.3, -0.25) is 19.2 Å². The van der Waals surface area contributed by atoms with E-state index in [1.54, 1.807) is 11.0 Å². The van der Waals surface area contributed by atoms with Gasteiger partial charge in [0.1, 0.15) is 29.8 Å². The number of methoxy groups -OCH3 is 1. The zero-order valence-electron chi connectivity index (χ0n) is 30.3. The summed E-state index contributed by atoms with van der Waals surface area (Å²) in [4.78, 5) is 61.6. The summed E-state index contributed by atoms with van der Waals surface area (Å²) >= 11 is 3.64. The summed E-state index contributed by atoms with van der Waals surface area (Å²) in [5.41, 5.74) is 1.53. The van der Waals surface area contributed by atoms with E-state index in [-0.39, 0.29) is 38.0 Å². The van der Waals surface area contributed by atoms with Crippen molar-refractivity contribution < 1.29 is 38.5 Å². The predicted octanol–water partition coefficient (Wildman–Crippen LogP) is 4.68. The van der Waals surface area contributed by atoms with Gasteiger partial charge in [0.2, 0.25) is 11.8 Å². The highest BCUT2D eigenvalue weighted by Gasteiger charge is 2.75. The van der Waals surface area contributed by atoms with Gasteiger partial charge in [0.15, 0.2) is 0 Å². The Morgan fingerprint density at radius 3 is 2.38 bits per heavy atom. The van der Waals surface area contributed by atoms with E-state index in [0.29, 0.717) is 28.6 Å². The number of aryl methyl sites for hydroxylation is 2. The van der Waals surface area contributed by atoms with E-state index in [0.717, 1.165) is 11.1 Å². The maximum atomic E-state index is 15.4. The van der Waals surface area contributed by atoms with Crippen LogP contribution in [0.15, 0.2) is 71.2 Å². The maximum Gasteiger partial charge on any atom is 0.313 e. The fourth-order valence-corrected chi connectivity index (χ4v) is 9.19. The third-order valence-electron chi connectivity index (χ3n) is 11.1. The number of hydrogen-bond donors (Lipinski definition) is 2. The lowest BCUT2D eigenvalue weighted by Crippen LogP contribution is -2.60. The number of aliphatic hydroxyl groups is 1. The van der Waals surface area contributed by atoms with Crippen LogP contribution < -0.4 is 10.2 Å². The Labute approximate surface area is 313 Å². The minimum Gasteiger partial charge on any atom is -0.455 e. The van der Waals surface area contributed by atoms with Crippen LogP contribution in [-0.2, 0) is 33.4 Å². The van der Waals surface area contributed by atoms with E-state index in [1.165, 1.54) is 12.0 Å². The number of fused-ring (bicyclic) bond motifs is 2. The quantitative estimate of drug-likeness (QED) is 0.292. The highest BCUT2D eigenvalue weighted by Crippen LogP contribution is 2.60. The first kappa shape index (κ1) is 37.9. The molecule has 2 aromatic carbocycles. The number of nitrogens with one attached hydrogen (secondary N) is 1. The molecule has 1 spiro atoms. The number of allylic oxidation sites excluding steroid dienone is 1. The van der Waals surface area contributed by atoms with Crippen LogP contribution in [0.3, 0.4) is 0 Å². The molecule has 4 heterocycles. The van der Waals surface area contributed by atoms with Gasteiger partial charge in [0.05, 0.1) is 31.2 Å². The molecule has 6 rings (SSSR count). The average molecular weight is 779 g/mol. The fraction of sp³-hybridized carbons (Fsp3) is 0.500. The second-order valence-electron chi connectivity index (χ2n) is 14.3. The molecular weight excluding hydrogens is 730 g/mol. The summed E-state index contributed by atoms with van der Waals surface area (Å²) in [6.45, 7) is 7.60. The lowest BCUT2D eigenvalue weighted by molar-refractivity contribution is -0.163. The zero-order valence-corrected chi connectivity index (χ0v) is 31.9. The van der Waals surface area contributed by atoms with Crippen LogP contribution in [0.1, 0.15) is 55.9 Å². The summed E-state index contributed by atoms with van der Waals surface area (Å²) in [7, 11) is 1.51. The van der Waals surface area contributed by atoms with Crippen LogP contribution in [0.5, 0.6) is 0 Å². The molecule has 3 amide bonds. The SMILES string of the molecule is CC[C@H](C)[C@H](CO)N1C(=O)[C@@H]2[C@H]3C(=O)O[C@@H](c4ccccc4)[C@H](COC)NC(=O)CC/C=C\CN(c4c(C)cccc4C)C(=O)[C@@H]1[C@]21C=C(Br)[C@H]3O1. The first-order chi connectivity index (χ1) is 25.0. The van der Waals surface area contributed by atoms with Gasteiger partial charge in [-0.2, -0.15) is 0 Å². The molecule has 2 saturated heterocycles. The van der Waals surface area contributed by atoms with Crippen LogP contribution in [0.4, 0.5) is 5.69 Å². The summed E-state index contributed by atoms with van der Waals surface area (Å²) in [6, 6.07) is 12.2. The minimum absolute atomic E-state index is 0.0527. The number of benzene rings is 2. The van der Waals surface area contributed by atoms with Crippen molar-refractivity contribution in [2.45, 2.75) is 82.9 Å². The number of nitrogens with zero attached hydrogens (tertiary/aromatic N) is 2. The minimum atomic E-state index is -1.53. The van der Waals surface area contributed by atoms with Crippen molar-refractivity contribution in [3.8, 4) is 0 Å². The molecule has 52 heavy (non-hydrogen) atoms. The number of para-hydroxylation sites is 1. The van der Waals surface area contributed by atoms with Crippen molar-refractivity contribution >= 4 is 45.3 Å². The molecule has 12 heteroatoms. The van der Waals surface area contributed by atoms with Crippen LogP contribution in [0.2, 0.25) is 0 Å². The highest BCUT2D eigenvalue weighted by molar-refractivity contribution is 9.11. The number of ether oxygens (including phenoxy) is 3. The molecule has 0 unspecified atom stereocenters. The van der Waals surface area contributed by atoms with Gasteiger partial charge < -0.3 is 34.4 Å². The van der Waals surface area contributed by atoms with E-state index in [9.17, 15) is 14.7 Å². The molecule has 4 aliphatic rings. The lowest BCUT2D eigenvalue weighted by Gasteiger charge is -2.40. The van der Waals surface area contributed by atoms with Crippen LogP contribution in [0.25, 0.3) is 0 Å². The predicted molar refractivity (Wildman–Crippen MR) is 198 cm³/mol. The molecule has 278 valence electrons. The first-order valence-corrected chi connectivity index (χ1v) is 18.8. The van der Waals surface area contributed by atoms with Gasteiger partial charge in [-0.15, -0.1) is 0 Å². The number of amides is 3. The summed E-state index contributed by atoms with van der Waals surface area (Å²) in [6.07, 6.45) is 4.82.